The maximum atomic E-state index is 13.9. The van der Waals surface area contributed by atoms with Gasteiger partial charge in [0, 0.05) is 10.5 Å². The van der Waals surface area contributed by atoms with Gasteiger partial charge in [-0.2, -0.15) is 0 Å². The SMILES string of the molecule is CSc1ccc(C(=O)c2c(F)ccc(C)c2F)cc1. The molecule has 0 bridgehead atoms. The third-order valence-corrected chi connectivity index (χ3v) is 3.61. The van der Waals surface area contributed by atoms with Gasteiger partial charge in [-0.05, 0) is 49.1 Å². The van der Waals surface area contributed by atoms with Crippen LogP contribution < -0.4 is 0 Å². The highest BCUT2D eigenvalue weighted by Gasteiger charge is 2.20. The lowest BCUT2D eigenvalue weighted by molar-refractivity contribution is 0.103. The van der Waals surface area contributed by atoms with Gasteiger partial charge in [0.25, 0.3) is 0 Å². The molecule has 0 fully saturated rings. The largest absolute Gasteiger partial charge is 0.288 e. The highest BCUT2D eigenvalue weighted by Crippen LogP contribution is 2.21. The average molecular weight is 278 g/mol. The van der Waals surface area contributed by atoms with Crippen molar-refractivity contribution in [1.82, 2.24) is 0 Å². The molecule has 0 heterocycles. The lowest BCUT2D eigenvalue weighted by Gasteiger charge is -2.07. The first-order valence-corrected chi connectivity index (χ1v) is 6.90. The molecule has 0 radical (unpaired) electrons. The summed E-state index contributed by atoms with van der Waals surface area (Å²) in [5, 5.41) is 0. The number of aryl methyl sites for hydroxylation is 1. The van der Waals surface area contributed by atoms with Gasteiger partial charge in [0.2, 0.25) is 0 Å². The molecule has 0 atom stereocenters. The van der Waals surface area contributed by atoms with Gasteiger partial charge in [-0.25, -0.2) is 8.78 Å². The fourth-order valence-corrected chi connectivity index (χ4v) is 2.16. The maximum absolute atomic E-state index is 13.9. The molecule has 98 valence electrons. The molecule has 2 aromatic rings. The molecule has 0 saturated heterocycles. The van der Waals surface area contributed by atoms with E-state index in [9.17, 15) is 13.6 Å². The van der Waals surface area contributed by atoms with Crippen molar-refractivity contribution in [1.29, 1.82) is 0 Å². The summed E-state index contributed by atoms with van der Waals surface area (Å²) in [6, 6.07) is 9.10. The van der Waals surface area contributed by atoms with Crippen LogP contribution in [0.1, 0.15) is 21.5 Å². The molecule has 0 aromatic heterocycles. The Labute approximate surface area is 114 Å². The molecule has 19 heavy (non-hydrogen) atoms. The summed E-state index contributed by atoms with van der Waals surface area (Å²) < 4.78 is 27.5. The first-order valence-electron chi connectivity index (χ1n) is 5.68. The number of carbonyl (C=O) groups excluding carboxylic acids is 1. The Bertz CT molecular complexity index is 621. The van der Waals surface area contributed by atoms with Crippen LogP contribution in [0.3, 0.4) is 0 Å². The monoisotopic (exact) mass is 278 g/mol. The van der Waals surface area contributed by atoms with Crippen LogP contribution in [0.15, 0.2) is 41.3 Å². The minimum atomic E-state index is -0.831. The molecule has 0 unspecified atom stereocenters. The van der Waals surface area contributed by atoms with Crippen molar-refractivity contribution in [3.63, 3.8) is 0 Å². The Morgan fingerprint density at radius 1 is 1.05 bits per heavy atom. The molecule has 1 nitrogen and oxygen atoms in total. The number of rotatable bonds is 3. The molecule has 0 aliphatic heterocycles. The first-order chi connectivity index (χ1) is 9.04. The van der Waals surface area contributed by atoms with Crippen molar-refractivity contribution >= 4 is 17.5 Å². The van der Waals surface area contributed by atoms with Crippen molar-refractivity contribution in [2.24, 2.45) is 0 Å². The van der Waals surface area contributed by atoms with E-state index >= 15 is 0 Å². The first kappa shape index (κ1) is 13.7. The minimum Gasteiger partial charge on any atom is -0.288 e. The zero-order chi connectivity index (χ0) is 14.0. The minimum absolute atomic E-state index is 0.255. The van der Waals surface area contributed by atoms with Crippen LogP contribution in [0, 0.1) is 18.6 Å². The summed E-state index contributed by atoms with van der Waals surface area (Å²) in [4.78, 5) is 13.1. The number of hydrogen-bond acceptors (Lipinski definition) is 2. The second-order valence-corrected chi connectivity index (χ2v) is 4.99. The van der Waals surface area contributed by atoms with Crippen LogP contribution in [0.25, 0.3) is 0 Å². The Morgan fingerprint density at radius 2 is 1.68 bits per heavy atom. The van der Waals surface area contributed by atoms with Gasteiger partial charge in [-0.1, -0.05) is 6.07 Å². The summed E-state index contributed by atoms with van der Waals surface area (Å²) >= 11 is 1.53. The van der Waals surface area contributed by atoms with Gasteiger partial charge in [0.05, 0.1) is 5.56 Å². The van der Waals surface area contributed by atoms with Crippen molar-refractivity contribution in [2.45, 2.75) is 11.8 Å². The summed E-state index contributed by atoms with van der Waals surface area (Å²) in [6.07, 6.45) is 1.91. The number of carbonyl (C=O) groups is 1. The van der Waals surface area contributed by atoms with Crippen LogP contribution in [0.4, 0.5) is 8.78 Å². The Balaban J connectivity index is 2.46. The van der Waals surface area contributed by atoms with Gasteiger partial charge >= 0.3 is 0 Å². The van der Waals surface area contributed by atoms with Crippen LogP contribution in [-0.4, -0.2) is 12.0 Å². The predicted octanol–water partition coefficient (Wildman–Crippen LogP) is 4.23. The predicted molar refractivity (Wildman–Crippen MR) is 72.8 cm³/mol. The van der Waals surface area contributed by atoms with E-state index in [2.05, 4.69) is 0 Å². The number of halogens is 2. The highest BCUT2D eigenvalue weighted by molar-refractivity contribution is 7.98. The molecule has 0 N–H and O–H groups in total. The van der Waals surface area contributed by atoms with Crippen molar-refractivity contribution in [3.05, 3.63) is 64.7 Å². The molecule has 4 heteroatoms. The van der Waals surface area contributed by atoms with Crippen LogP contribution >= 0.6 is 11.8 Å². The molecular weight excluding hydrogens is 266 g/mol. The third kappa shape index (κ3) is 2.68. The smallest absolute Gasteiger partial charge is 0.198 e. The second kappa shape index (κ2) is 5.53. The van der Waals surface area contributed by atoms with Gasteiger partial charge < -0.3 is 0 Å². The van der Waals surface area contributed by atoms with E-state index in [1.807, 2.05) is 6.26 Å². The Morgan fingerprint density at radius 3 is 2.26 bits per heavy atom. The molecular formula is C15H12F2OS. The molecule has 0 spiro atoms. The van der Waals surface area contributed by atoms with Crippen LogP contribution in [0.2, 0.25) is 0 Å². The molecule has 0 aliphatic rings. The zero-order valence-electron chi connectivity index (χ0n) is 10.5. The van der Waals surface area contributed by atoms with Gasteiger partial charge in [-0.15, -0.1) is 11.8 Å². The van der Waals surface area contributed by atoms with E-state index in [4.69, 9.17) is 0 Å². The standard InChI is InChI=1S/C15H12F2OS/c1-9-3-8-12(16)13(14(9)17)15(18)10-4-6-11(19-2)7-5-10/h3-8H,1-2H3. The number of hydrogen-bond donors (Lipinski definition) is 0. The van der Waals surface area contributed by atoms with E-state index in [0.717, 1.165) is 11.0 Å². The summed E-state index contributed by atoms with van der Waals surface area (Å²) in [5.74, 6) is -2.26. The average Bonchev–Trinajstić information content (AvgIpc) is 2.43. The summed E-state index contributed by atoms with van der Waals surface area (Å²) in [5.41, 5.74) is 0.0450. The highest BCUT2D eigenvalue weighted by atomic mass is 32.2. The van der Waals surface area contributed by atoms with Gasteiger partial charge in [0.15, 0.2) is 5.78 Å². The normalized spacial score (nSPS) is 10.5. The summed E-state index contributed by atoms with van der Waals surface area (Å²) in [7, 11) is 0. The van der Waals surface area contributed by atoms with Crippen molar-refractivity contribution < 1.29 is 13.6 Å². The molecule has 0 aliphatic carbocycles. The Kier molecular flexibility index (Phi) is 4.00. The van der Waals surface area contributed by atoms with Crippen LogP contribution in [-0.2, 0) is 0 Å². The van der Waals surface area contributed by atoms with E-state index in [1.165, 1.54) is 24.8 Å². The molecule has 2 rings (SSSR count). The second-order valence-electron chi connectivity index (χ2n) is 4.11. The number of benzene rings is 2. The number of ketones is 1. The van der Waals surface area contributed by atoms with E-state index < -0.39 is 23.0 Å². The Hall–Kier alpha value is -1.68. The zero-order valence-corrected chi connectivity index (χ0v) is 11.4. The molecule has 2 aromatic carbocycles. The van der Waals surface area contributed by atoms with Gasteiger partial charge in [0.1, 0.15) is 11.6 Å². The molecule has 0 amide bonds. The quantitative estimate of drug-likeness (QED) is 0.617. The van der Waals surface area contributed by atoms with E-state index in [1.54, 1.807) is 24.3 Å². The van der Waals surface area contributed by atoms with E-state index in [-0.39, 0.29) is 11.1 Å². The third-order valence-electron chi connectivity index (χ3n) is 2.86. The van der Waals surface area contributed by atoms with Crippen LogP contribution in [0.5, 0.6) is 0 Å². The van der Waals surface area contributed by atoms with E-state index in [0.29, 0.717) is 0 Å². The molecule has 0 saturated carbocycles. The lowest BCUT2D eigenvalue weighted by Crippen LogP contribution is -2.08. The fourth-order valence-electron chi connectivity index (χ4n) is 1.75. The lowest BCUT2D eigenvalue weighted by atomic mass is 10.0. The van der Waals surface area contributed by atoms with Gasteiger partial charge in [-0.3, -0.25) is 4.79 Å². The topological polar surface area (TPSA) is 17.1 Å². The van der Waals surface area contributed by atoms with Crippen molar-refractivity contribution in [3.8, 4) is 0 Å². The van der Waals surface area contributed by atoms with Crippen molar-refractivity contribution in [2.75, 3.05) is 6.26 Å². The fraction of sp³-hybridized carbons (Fsp3) is 0.133. The maximum Gasteiger partial charge on any atom is 0.198 e. The number of thioether (sulfide) groups is 1. The summed E-state index contributed by atoms with van der Waals surface area (Å²) in [6.45, 7) is 1.50.